The van der Waals surface area contributed by atoms with Gasteiger partial charge in [0.2, 0.25) is 11.8 Å². The molecule has 12 heteroatoms. The van der Waals surface area contributed by atoms with Crippen LogP contribution < -0.4 is 0 Å². The second-order valence-corrected chi connectivity index (χ2v) is 9.19. The fraction of sp³-hybridized carbons (Fsp3) is 0.417. The van der Waals surface area contributed by atoms with Crippen molar-refractivity contribution in [1.82, 2.24) is 14.7 Å². The van der Waals surface area contributed by atoms with Crippen molar-refractivity contribution < 1.29 is 32.3 Å². The number of alkyl halides is 3. The molecule has 36 heavy (non-hydrogen) atoms. The highest BCUT2D eigenvalue weighted by Crippen LogP contribution is 2.48. The molecular weight excluding hydrogens is 497 g/mol. The zero-order valence-electron chi connectivity index (χ0n) is 19.7. The maximum Gasteiger partial charge on any atom is 0.434 e. The number of rotatable bonds is 5. The molecule has 3 aliphatic heterocycles. The van der Waals surface area contributed by atoms with Gasteiger partial charge in [0, 0.05) is 38.8 Å². The van der Waals surface area contributed by atoms with Crippen LogP contribution in [0.1, 0.15) is 31.9 Å². The quantitative estimate of drug-likeness (QED) is 0.551. The van der Waals surface area contributed by atoms with Gasteiger partial charge in [0.1, 0.15) is 0 Å². The van der Waals surface area contributed by atoms with Crippen LogP contribution in [0.3, 0.4) is 0 Å². The Balaban J connectivity index is 1.68. The Morgan fingerprint density at radius 2 is 1.72 bits per heavy atom. The first-order valence-corrected chi connectivity index (χ1v) is 12.3. The third-order valence-electron chi connectivity index (χ3n) is 6.10. The summed E-state index contributed by atoms with van der Waals surface area (Å²) in [5, 5.41) is 1.63. The maximum absolute atomic E-state index is 14.1. The van der Waals surface area contributed by atoms with Gasteiger partial charge in [-0.1, -0.05) is 42.1 Å². The summed E-state index contributed by atoms with van der Waals surface area (Å²) in [4.78, 5) is 46.2. The number of amides is 2. The van der Waals surface area contributed by atoms with E-state index in [4.69, 9.17) is 4.74 Å². The molecule has 3 heterocycles. The Kier molecular flexibility index (Phi) is 7.43. The van der Waals surface area contributed by atoms with Gasteiger partial charge >= 0.3 is 12.1 Å². The molecule has 0 bridgehead atoms. The van der Waals surface area contributed by atoms with E-state index in [-0.39, 0.29) is 30.0 Å². The first-order chi connectivity index (χ1) is 17.1. The van der Waals surface area contributed by atoms with Crippen LogP contribution in [0.4, 0.5) is 13.2 Å². The average Bonchev–Trinajstić information content (AvgIpc) is 3.25. The average molecular weight is 523 g/mol. The van der Waals surface area contributed by atoms with E-state index in [1.54, 1.807) is 45.5 Å². The lowest BCUT2D eigenvalue weighted by Crippen LogP contribution is -2.50. The molecule has 0 radical (unpaired) electrons. The Labute approximate surface area is 210 Å². The number of esters is 1. The number of aliphatic imine (C=N–C) groups is 1. The highest BCUT2D eigenvalue weighted by Gasteiger charge is 2.49. The number of amidine groups is 1. The van der Waals surface area contributed by atoms with Crippen molar-refractivity contribution in [2.24, 2.45) is 4.99 Å². The third-order valence-corrected chi connectivity index (χ3v) is 6.99. The number of hydrogen-bond donors (Lipinski definition) is 0. The number of carbonyl (C=O) groups is 3. The molecule has 192 valence electrons. The molecule has 0 aromatic heterocycles. The summed E-state index contributed by atoms with van der Waals surface area (Å²) in [5.74, 6) is -1.39. The van der Waals surface area contributed by atoms with Crippen molar-refractivity contribution in [3.63, 3.8) is 0 Å². The minimum absolute atomic E-state index is 0.0356. The fourth-order valence-corrected chi connectivity index (χ4v) is 5.30. The Morgan fingerprint density at radius 1 is 1.08 bits per heavy atom. The molecule has 1 fully saturated rings. The van der Waals surface area contributed by atoms with Gasteiger partial charge in [-0.15, -0.1) is 0 Å². The first-order valence-electron chi connectivity index (χ1n) is 11.4. The van der Waals surface area contributed by atoms with E-state index >= 15 is 0 Å². The third kappa shape index (κ3) is 5.13. The van der Waals surface area contributed by atoms with Gasteiger partial charge < -0.3 is 19.4 Å². The summed E-state index contributed by atoms with van der Waals surface area (Å²) in [6.45, 7) is 4.46. The lowest BCUT2D eigenvalue weighted by atomic mass is 9.93. The molecular formula is C24H25F3N4O4S. The van der Waals surface area contributed by atoms with Gasteiger partial charge in [-0.3, -0.25) is 9.59 Å². The monoisotopic (exact) mass is 522 g/mol. The highest BCUT2D eigenvalue weighted by atomic mass is 32.2. The Bertz CT molecular complexity index is 1140. The van der Waals surface area contributed by atoms with Crippen LogP contribution in [-0.4, -0.2) is 76.6 Å². The van der Waals surface area contributed by atoms with Crippen molar-refractivity contribution in [3.05, 3.63) is 58.3 Å². The number of halogens is 3. The smallest absolute Gasteiger partial charge is 0.434 e. The predicted molar refractivity (Wildman–Crippen MR) is 127 cm³/mol. The van der Waals surface area contributed by atoms with E-state index < -0.39 is 29.5 Å². The van der Waals surface area contributed by atoms with Gasteiger partial charge in [0.25, 0.3) is 0 Å². The van der Waals surface area contributed by atoms with Gasteiger partial charge in [-0.05, 0) is 17.9 Å². The van der Waals surface area contributed by atoms with Crippen molar-refractivity contribution in [1.29, 1.82) is 0 Å². The summed E-state index contributed by atoms with van der Waals surface area (Å²) in [6, 6.07) is 7.15. The summed E-state index contributed by atoms with van der Waals surface area (Å²) < 4.78 is 47.2. The zero-order valence-corrected chi connectivity index (χ0v) is 20.6. The molecule has 3 aliphatic rings. The summed E-state index contributed by atoms with van der Waals surface area (Å²) in [7, 11) is 0. The van der Waals surface area contributed by atoms with Crippen molar-refractivity contribution >= 4 is 34.7 Å². The van der Waals surface area contributed by atoms with Gasteiger partial charge in [-0.25, -0.2) is 9.79 Å². The Morgan fingerprint density at radius 3 is 2.31 bits per heavy atom. The number of ether oxygens (including phenoxy) is 1. The largest absolute Gasteiger partial charge is 0.463 e. The van der Waals surface area contributed by atoms with E-state index in [1.165, 1.54) is 18.7 Å². The number of allylic oxidation sites excluding steroid dienone is 1. The van der Waals surface area contributed by atoms with Crippen molar-refractivity contribution in [2.75, 3.05) is 32.8 Å². The maximum atomic E-state index is 14.1. The first kappa shape index (κ1) is 25.8. The number of carbonyl (C=O) groups excluding carboxylic acids is 3. The van der Waals surface area contributed by atoms with Crippen LogP contribution in [0.15, 0.2) is 57.7 Å². The molecule has 1 saturated heterocycles. The van der Waals surface area contributed by atoms with E-state index in [9.17, 15) is 27.6 Å². The molecule has 1 aromatic carbocycles. The second kappa shape index (κ2) is 10.4. The van der Waals surface area contributed by atoms with Gasteiger partial charge in [0.15, 0.2) is 10.9 Å². The highest BCUT2D eigenvalue weighted by molar-refractivity contribution is 8.16. The minimum atomic E-state index is -4.89. The van der Waals surface area contributed by atoms with E-state index in [0.717, 1.165) is 11.8 Å². The predicted octanol–water partition coefficient (Wildman–Crippen LogP) is 3.45. The number of nitrogens with zero attached hydrogens (tertiary/aromatic N) is 4. The number of benzene rings is 1. The number of hydrogen-bond acceptors (Lipinski definition) is 7. The second-order valence-electron chi connectivity index (χ2n) is 8.35. The molecule has 0 spiro atoms. The van der Waals surface area contributed by atoms with Gasteiger partial charge in [0.05, 0.1) is 24.6 Å². The van der Waals surface area contributed by atoms with Crippen molar-refractivity contribution in [3.8, 4) is 0 Å². The Hall–Kier alpha value is -3.28. The SMILES string of the molecule is CCOC(=O)C1=C(C(F)(F)F)N=C2SC=C(CC(=O)N3CCN(C(C)=O)CC3)N2[C@@H]1c1ccccc1. The van der Waals surface area contributed by atoms with Crippen LogP contribution in [-0.2, 0) is 19.1 Å². The molecule has 1 atom stereocenters. The summed E-state index contributed by atoms with van der Waals surface area (Å²) in [6.07, 6.45) is -4.98. The normalized spacial score (nSPS) is 20.1. The van der Waals surface area contributed by atoms with Crippen LogP contribution in [0.25, 0.3) is 0 Å². The molecule has 8 nitrogen and oxygen atoms in total. The number of thioether (sulfide) groups is 1. The van der Waals surface area contributed by atoms with Crippen LogP contribution in [0.5, 0.6) is 0 Å². The van der Waals surface area contributed by atoms with Gasteiger partial charge in [-0.2, -0.15) is 13.2 Å². The lowest BCUT2D eigenvalue weighted by Gasteiger charge is -2.38. The van der Waals surface area contributed by atoms with E-state index in [2.05, 4.69) is 4.99 Å². The summed E-state index contributed by atoms with van der Waals surface area (Å²) in [5.41, 5.74) is -1.04. The molecule has 0 aliphatic carbocycles. The molecule has 0 N–H and O–H groups in total. The van der Waals surface area contributed by atoms with Crippen LogP contribution in [0.2, 0.25) is 0 Å². The number of piperazine rings is 1. The molecule has 1 aromatic rings. The van der Waals surface area contributed by atoms with E-state index in [1.807, 2.05) is 0 Å². The number of fused-ring (bicyclic) bond motifs is 1. The molecule has 0 unspecified atom stereocenters. The lowest BCUT2D eigenvalue weighted by molar-refractivity contribution is -0.141. The summed E-state index contributed by atoms with van der Waals surface area (Å²) >= 11 is 0.977. The van der Waals surface area contributed by atoms with Crippen molar-refractivity contribution in [2.45, 2.75) is 32.5 Å². The zero-order chi connectivity index (χ0) is 26.0. The fourth-order valence-electron chi connectivity index (χ4n) is 4.38. The standard InChI is InChI=1S/C24H25F3N4O4S/c1-3-35-22(34)19-20(16-7-5-4-6-8-16)31-17(14-36-23(31)28-21(19)24(25,26)27)13-18(33)30-11-9-29(10-12-30)15(2)32/h4-8,14,20H,3,9-13H2,1-2H3/t20-/m1/s1. The molecule has 0 saturated carbocycles. The minimum Gasteiger partial charge on any atom is -0.463 e. The molecule has 4 rings (SSSR count). The van der Waals surface area contributed by atoms with E-state index in [0.29, 0.717) is 37.4 Å². The van der Waals surface area contributed by atoms with Crippen LogP contribution in [0, 0.1) is 0 Å². The topological polar surface area (TPSA) is 82.5 Å². The van der Waals surface area contributed by atoms with Crippen LogP contribution >= 0.6 is 11.8 Å². The molecule has 2 amide bonds.